The molecule has 0 heterocycles. The van der Waals surface area contributed by atoms with Gasteiger partial charge in [-0.15, -0.1) is 0 Å². The van der Waals surface area contributed by atoms with E-state index in [1.54, 1.807) is 7.11 Å². The minimum Gasteiger partial charge on any atom is -0.497 e. The highest BCUT2D eigenvalue weighted by molar-refractivity contribution is 6.30. The van der Waals surface area contributed by atoms with Crippen LogP contribution in [0.25, 0.3) is 0 Å². The van der Waals surface area contributed by atoms with Gasteiger partial charge in [0.25, 0.3) is 0 Å². The van der Waals surface area contributed by atoms with Crippen molar-refractivity contribution in [3.63, 3.8) is 0 Å². The van der Waals surface area contributed by atoms with Crippen molar-refractivity contribution in [2.45, 2.75) is 59.4 Å². The molecule has 0 bridgehead atoms. The summed E-state index contributed by atoms with van der Waals surface area (Å²) in [7, 11) is 1.61. The number of carbonyl (C=O) groups is 1. The van der Waals surface area contributed by atoms with Gasteiger partial charge in [-0.1, -0.05) is 70.1 Å². The molecule has 3 rings (SSSR count). The number of anilines is 1. The van der Waals surface area contributed by atoms with E-state index >= 15 is 0 Å². The van der Waals surface area contributed by atoms with E-state index in [4.69, 9.17) is 22.1 Å². The normalized spacial score (nSPS) is 11.0. The van der Waals surface area contributed by atoms with Gasteiger partial charge in [-0.2, -0.15) is 0 Å². The van der Waals surface area contributed by atoms with E-state index in [0.29, 0.717) is 25.4 Å². The lowest BCUT2D eigenvalue weighted by atomic mass is 9.94. The number of benzene rings is 3. The van der Waals surface area contributed by atoms with Gasteiger partial charge < -0.3 is 15.8 Å². The van der Waals surface area contributed by atoms with Crippen LogP contribution in [0.5, 0.6) is 5.75 Å². The van der Waals surface area contributed by atoms with Gasteiger partial charge in [0.1, 0.15) is 5.75 Å². The van der Waals surface area contributed by atoms with Gasteiger partial charge in [-0.05, 0) is 90.7 Å². The van der Waals surface area contributed by atoms with Crippen LogP contribution >= 0.6 is 11.6 Å². The number of hydrogen-bond acceptors (Lipinski definition) is 4. The second-order valence-corrected chi connectivity index (χ2v) is 9.26. The number of aryl methyl sites for hydroxylation is 1. The van der Waals surface area contributed by atoms with Crippen molar-refractivity contribution in [3.05, 3.63) is 94.0 Å². The summed E-state index contributed by atoms with van der Waals surface area (Å²) in [5.41, 5.74) is 11.0. The average molecular weight is 524 g/mol. The molecule has 0 fully saturated rings. The third-order valence-corrected chi connectivity index (χ3v) is 6.16. The Hall–Kier alpha value is -3.15. The lowest BCUT2D eigenvalue weighted by molar-refractivity contribution is -0.117. The minimum absolute atomic E-state index is 0. The zero-order valence-corrected chi connectivity index (χ0v) is 22.5. The molecule has 1 atom stereocenters. The Morgan fingerprint density at radius 3 is 2.32 bits per heavy atom. The molecular weight excluding hydrogens is 482 g/mol. The summed E-state index contributed by atoms with van der Waals surface area (Å²) in [4.78, 5) is 16.8. The molecule has 1 amide bonds. The van der Waals surface area contributed by atoms with Crippen molar-refractivity contribution in [1.29, 1.82) is 0 Å². The Morgan fingerprint density at radius 1 is 1.05 bits per heavy atom. The average Bonchev–Trinajstić information content (AvgIpc) is 2.88. The van der Waals surface area contributed by atoms with Crippen LogP contribution in [-0.4, -0.2) is 26.3 Å². The monoisotopic (exact) mass is 523 g/mol. The van der Waals surface area contributed by atoms with Crippen LogP contribution in [0.2, 0.25) is 5.02 Å². The van der Waals surface area contributed by atoms with E-state index in [1.807, 2.05) is 60.7 Å². The summed E-state index contributed by atoms with van der Waals surface area (Å²) in [5.74, 6) is 0.903. The Labute approximate surface area is 228 Å². The van der Waals surface area contributed by atoms with E-state index in [2.05, 4.69) is 43.9 Å². The second kappa shape index (κ2) is 16.6. The summed E-state index contributed by atoms with van der Waals surface area (Å²) < 4.78 is 5.27. The number of rotatable bonds is 10. The molecule has 200 valence electrons. The Bertz CT molecular complexity index is 1130. The molecule has 0 radical (unpaired) electrons. The van der Waals surface area contributed by atoms with E-state index in [-0.39, 0.29) is 19.3 Å². The highest BCUT2D eigenvalue weighted by Crippen LogP contribution is 2.26. The number of carbonyl (C=O) groups excluding carboxylic acids is 1. The molecule has 0 spiro atoms. The zero-order chi connectivity index (χ0) is 26.5. The number of amides is 1. The molecule has 37 heavy (non-hydrogen) atoms. The highest BCUT2D eigenvalue weighted by atomic mass is 35.5. The fourth-order valence-corrected chi connectivity index (χ4v) is 4.08. The van der Waals surface area contributed by atoms with Gasteiger partial charge in [0.05, 0.1) is 19.6 Å². The molecule has 0 saturated heterocycles. The molecule has 6 heteroatoms. The van der Waals surface area contributed by atoms with E-state index in [1.165, 1.54) is 5.56 Å². The van der Waals surface area contributed by atoms with Crippen LogP contribution in [0.3, 0.4) is 0 Å². The first-order valence-corrected chi connectivity index (χ1v) is 12.6. The molecule has 3 aromatic rings. The van der Waals surface area contributed by atoms with Crippen molar-refractivity contribution >= 4 is 29.9 Å². The van der Waals surface area contributed by atoms with Crippen LogP contribution in [0.4, 0.5) is 5.69 Å². The Morgan fingerprint density at radius 2 is 1.76 bits per heavy atom. The van der Waals surface area contributed by atoms with Crippen LogP contribution < -0.4 is 15.8 Å². The number of nitrogens with zero attached hydrogens (tertiary/aromatic N) is 1. The molecular formula is C31H42ClN3O2. The fraction of sp³-hybridized carbons (Fsp3) is 0.355. The van der Waals surface area contributed by atoms with Crippen molar-refractivity contribution in [1.82, 2.24) is 0 Å². The Kier molecular flexibility index (Phi) is 14.3. The molecule has 3 aromatic carbocycles. The van der Waals surface area contributed by atoms with Gasteiger partial charge in [0, 0.05) is 10.7 Å². The number of nitrogens with two attached hydrogens (primary N) is 1. The number of ether oxygens (including phenoxy) is 1. The third-order valence-electron chi connectivity index (χ3n) is 5.92. The molecule has 0 saturated carbocycles. The van der Waals surface area contributed by atoms with Crippen molar-refractivity contribution in [2.75, 3.05) is 19.0 Å². The van der Waals surface area contributed by atoms with Crippen molar-refractivity contribution in [3.8, 4) is 5.75 Å². The lowest BCUT2D eigenvalue weighted by Crippen LogP contribution is -2.23. The topological polar surface area (TPSA) is 76.7 Å². The predicted octanol–water partition coefficient (Wildman–Crippen LogP) is 7.63. The van der Waals surface area contributed by atoms with Crippen LogP contribution in [-0.2, 0) is 17.8 Å². The Balaban J connectivity index is 0.000000523. The van der Waals surface area contributed by atoms with E-state index in [0.717, 1.165) is 39.6 Å². The van der Waals surface area contributed by atoms with Crippen molar-refractivity contribution in [2.24, 2.45) is 10.7 Å². The van der Waals surface area contributed by atoms with Gasteiger partial charge in [-0.3, -0.25) is 9.79 Å². The van der Waals surface area contributed by atoms with Gasteiger partial charge in [0.15, 0.2) is 0 Å². The summed E-state index contributed by atoms with van der Waals surface area (Å²) >= 11 is 5.79. The van der Waals surface area contributed by atoms with Gasteiger partial charge >= 0.3 is 0 Å². The molecule has 3 N–H and O–H groups in total. The third kappa shape index (κ3) is 10.0. The number of nitrogens with one attached hydrogen (secondary N) is 1. The molecule has 5 nitrogen and oxygen atoms in total. The number of hydrogen-bond donors (Lipinski definition) is 2. The lowest BCUT2D eigenvalue weighted by Gasteiger charge is -2.18. The first-order chi connectivity index (χ1) is 17.3. The summed E-state index contributed by atoms with van der Waals surface area (Å²) in [6.45, 7) is 11.0. The van der Waals surface area contributed by atoms with Gasteiger partial charge in [0.2, 0.25) is 5.91 Å². The zero-order valence-electron chi connectivity index (χ0n) is 21.8. The predicted molar refractivity (Wildman–Crippen MR) is 159 cm³/mol. The van der Waals surface area contributed by atoms with E-state index < -0.39 is 0 Å². The molecule has 0 aliphatic rings. The SMILES string of the molecule is C.C=NCc1ccc(NC(=O)C(CCN)c2cccc(OC)c2)cc1CC.CC(C)c1cccc(Cl)c1. The van der Waals surface area contributed by atoms with E-state index in [9.17, 15) is 4.79 Å². The maximum atomic E-state index is 12.9. The van der Waals surface area contributed by atoms with Crippen molar-refractivity contribution < 1.29 is 9.53 Å². The molecule has 0 aliphatic heterocycles. The standard InChI is InChI=1S/C21H27N3O2.C9H11Cl.CH4/c1-4-15-12-18(9-8-17(15)14-23-2)24-21(25)20(10-11-22)16-6-5-7-19(13-16)26-3;1-7(2)8-4-3-5-9(10)6-8;/h5-9,12-13,20H,2,4,10-11,14,22H2,1,3H3,(H,24,25);3-7H,1-2H3;1H4. The maximum Gasteiger partial charge on any atom is 0.231 e. The summed E-state index contributed by atoms with van der Waals surface area (Å²) in [6.07, 6.45) is 1.44. The minimum atomic E-state index is -0.324. The number of halogens is 1. The first-order valence-electron chi connectivity index (χ1n) is 12.3. The molecule has 1 unspecified atom stereocenters. The summed E-state index contributed by atoms with van der Waals surface area (Å²) in [6, 6.07) is 21.4. The second-order valence-electron chi connectivity index (χ2n) is 8.82. The smallest absolute Gasteiger partial charge is 0.231 e. The fourth-order valence-electron chi connectivity index (χ4n) is 3.88. The van der Waals surface area contributed by atoms with Crippen LogP contribution in [0.15, 0.2) is 71.7 Å². The number of aliphatic imine (C=N–C) groups is 1. The first kappa shape index (κ1) is 31.9. The largest absolute Gasteiger partial charge is 0.497 e. The quantitative estimate of drug-likeness (QED) is 0.268. The highest BCUT2D eigenvalue weighted by Gasteiger charge is 2.21. The number of methoxy groups -OCH3 is 1. The van der Waals surface area contributed by atoms with Gasteiger partial charge in [-0.25, -0.2) is 0 Å². The van der Waals surface area contributed by atoms with Crippen LogP contribution in [0, 0.1) is 0 Å². The molecule has 0 aromatic heterocycles. The van der Waals surface area contributed by atoms with Crippen LogP contribution in [0.1, 0.15) is 68.7 Å². The summed E-state index contributed by atoms with van der Waals surface area (Å²) in [5, 5.41) is 3.85. The molecule has 0 aliphatic carbocycles. The maximum absolute atomic E-state index is 12.9.